The number of carbonyl (C=O) groups is 2. The van der Waals surface area contributed by atoms with E-state index in [4.69, 9.17) is 10.8 Å². The van der Waals surface area contributed by atoms with Crippen molar-refractivity contribution in [2.45, 2.75) is 207 Å². The molecule has 0 amide bonds. The molecule has 2 atom stereocenters. The molecular weight excluding hydrogens is 546 g/mol. The van der Waals surface area contributed by atoms with Gasteiger partial charge in [-0.3, -0.25) is 9.59 Å². The van der Waals surface area contributed by atoms with Crippen LogP contribution in [0.3, 0.4) is 0 Å². The molecule has 0 saturated heterocycles. The normalized spacial score (nSPS) is 12.8. The van der Waals surface area contributed by atoms with E-state index in [1.54, 1.807) is 0 Å². The van der Waals surface area contributed by atoms with Crippen molar-refractivity contribution in [2.24, 2.45) is 11.7 Å². The molecule has 0 saturated carbocycles. The Kier molecular flexibility index (Phi) is 38.0. The van der Waals surface area contributed by atoms with Gasteiger partial charge in [-0.05, 0) is 70.6 Å². The van der Waals surface area contributed by atoms with Crippen LogP contribution in [-0.2, 0) is 9.59 Å². The highest BCUT2D eigenvalue weighted by Gasteiger charge is 2.22. The van der Waals surface area contributed by atoms with E-state index in [2.05, 4.69) is 38.2 Å². The largest absolute Gasteiger partial charge is 0.481 e. The highest BCUT2D eigenvalue weighted by molar-refractivity contribution is 5.70. The summed E-state index contributed by atoms with van der Waals surface area (Å²) < 4.78 is 0. The molecule has 0 radical (unpaired) electrons. The average Bonchev–Trinajstić information content (AvgIpc) is 3.00. The molecule has 2 unspecified atom stereocenters. The fourth-order valence-electron chi connectivity index (χ4n) is 5.41. The molecule has 44 heavy (non-hydrogen) atoms. The molecule has 0 heterocycles. The van der Waals surface area contributed by atoms with E-state index < -0.39 is 11.9 Å². The second-order valence-electron chi connectivity index (χ2n) is 12.8. The third kappa shape index (κ3) is 36.6. The lowest BCUT2D eigenvalue weighted by Crippen LogP contribution is -2.34. The summed E-state index contributed by atoms with van der Waals surface area (Å²) in [6.45, 7) is 6.47. The number of hydrogen-bond donors (Lipinski definition) is 3. The Bertz CT molecular complexity index is 661. The number of allylic oxidation sites excluding steroid dienone is 4. The molecule has 0 bridgehead atoms. The number of carboxylic acids is 2. The monoisotopic (exact) mass is 622 g/mol. The second-order valence-corrected chi connectivity index (χ2v) is 12.8. The summed E-state index contributed by atoms with van der Waals surface area (Å²) in [6, 6.07) is -0.201. The molecule has 5 heteroatoms. The molecule has 0 spiro atoms. The van der Waals surface area contributed by atoms with Crippen molar-refractivity contribution in [1.82, 2.24) is 0 Å². The molecule has 0 aliphatic carbocycles. The van der Waals surface area contributed by atoms with Crippen molar-refractivity contribution >= 4 is 11.9 Å². The third-order valence-electron chi connectivity index (χ3n) is 8.48. The van der Waals surface area contributed by atoms with E-state index in [1.165, 1.54) is 128 Å². The van der Waals surface area contributed by atoms with Crippen molar-refractivity contribution in [2.75, 3.05) is 0 Å². The van der Waals surface area contributed by atoms with Crippen LogP contribution in [0, 0.1) is 5.92 Å². The van der Waals surface area contributed by atoms with Gasteiger partial charge in [0.2, 0.25) is 0 Å². The van der Waals surface area contributed by atoms with Gasteiger partial charge >= 0.3 is 11.9 Å². The summed E-state index contributed by atoms with van der Waals surface area (Å²) in [5.41, 5.74) is 5.88. The Balaban J connectivity index is 0. The predicted octanol–water partition coefficient (Wildman–Crippen LogP) is 12.2. The van der Waals surface area contributed by atoms with Crippen LogP contribution in [0.5, 0.6) is 0 Å². The number of unbranched alkanes of at least 4 members (excludes halogenated alkanes) is 21. The summed E-state index contributed by atoms with van der Waals surface area (Å²) in [7, 11) is 0. The van der Waals surface area contributed by atoms with Gasteiger partial charge in [-0.15, -0.1) is 0 Å². The number of rotatable bonds is 32. The summed E-state index contributed by atoms with van der Waals surface area (Å²) in [6.07, 6.45) is 42.4. The van der Waals surface area contributed by atoms with Crippen LogP contribution in [-0.4, -0.2) is 28.2 Å². The molecule has 0 rings (SSSR count). The van der Waals surface area contributed by atoms with E-state index in [1.807, 2.05) is 6.92 Å². The molecule has 0 fully saturated rings. The van der Waals surface area contributed by atoms with Crippen LogP contribution in [0.2, 0.25) is 0 Å². The maximum atomic E-state index is 11.2. The average molecular weight is 622 g/mol. The molecule has 0 aliphatic heterocycles. The van der Waals surface area contributed by atoms with Gasteiger partial charge in [0, 0.05) is 12.5 Å². The number of nitrogens with two attached hydrogens (primary N) is 1. The molecule has 0 aromatic carbocycles. The van der Waals surface area contributed by atoms with Crippen molar-refractivity contribution < 1.29 is 19.8 Å². The first-order valence-electron chi connectivity index (χ1n) is 18.9. The number of hydrogen-bond acceptors (Lipinski definition) is 3. The molecule has 0 aliphatic rings. The summed E-state index contributed by atoms with van der Waals surface area (Å²) in [4.78, 5) is 21.5. The van der Waals surface area contributed by atoms with E-state index in [9.17, 15) is 14.7 Å². The van der Waals surface area contributed by atoms with E-state index >= 15 is 0 Å². The zero-order chi connectivity index (χ0) is 32.9. The van der Waals surface area contributed by atoms with Crippen molar-refractivity contribution in [3.05, 3.63) is 24.3 Å². The number of carboxylic acid groups (broad SMARTS) is 2. The highest BCUT2D eigenvalue weighted by atomic mass is 16.4. The second kappa shape index (κ2) is 37.6. The van der Waals surface area contributed by atoms with Crippen LogP contribution < -0.4 is 5.73 Å². The quantitative estimate of drug-likeness (QED) is 0.0512. The first kappa shape index (κ1) is 44.5. The first-order chi connectivity index (χ1) is 21.4. The Hall–Kier alpha value is -1.62. The molecule has 260 valence electrons. The van der Waals surface area contributed by atoms with Gasteiger partial charge in [-0.25, -0.2) is 0 Å². The smallest absolute Gasteiger partial charge is 0.308 e. The Labute approximate surface area is 273 Å². The first-order valence-corrected chi connectivity index (χ1v) is 18.9. The van der Waals surface area contributed by atoms with Crippen molar-refractivity contribution in [3.8, 4) is 0 Å². The van der Waals surface area contributed by atoms with Crippen LogP contribution in [0.25, 0.3) is 0 Å². The van der Waals surface area contributed by atoms with Gasteiger partial charge in [0.25, 0.3) is 0 Å². The standard InChI is InChI=1S/C21H41NO2.C18H34O2/c1-3-5-6-7-8-9-10-11-12-13-14-15-16-17-18-19(21(23)24)20(22)4-2;1-2-3-4-5-6-7-8-9-10-11-12-13-14-15-16-17-18(19)20/h11-12,19-20H,3-10,13-18,22H2,1-2H3,(H,23,24);9-10H,2-8,11-17H2,1H3,(H,19,20)/b12-11-;10-9-. The van der Waals surface area contributed by atoms with Gasteiger partial charge in [-0.1, -0.05) is 148 Å². The Morgan fingerprint density at radius 1 is 0.523 bits per heavy atom. The minimum atomic E-state index is -0.734. The number of aliphatic carboxylic acids is 2. The lowest BCUT2D eigenvalue weighted by atomic mass is 9.92. The lowest BCUT2D eigenvalue weighted by molar-refractivity contribution is -0.143. The SMILES string of the molecule is CCCCCCCC/C=C\CCCCCCC(C(=O)O)C(N)CC.CCCCCCCC/C=C\CCCCCCCC(=O)O. The maximum absolute atomic E-state index is 11.2. The van der Waals surface area contributed by atoms with Crippen LogP contribution in [0.1, 0.15) is 201 Å². The molecular formula is C39H75NO4. The van der Waals surface area contributed by atoms with Gasteiger partial charge in [-0.2, -0.15) is 0 Å². The molecule has 5 nitrogen and oxygen atoms in total. The third-order valence-corrected chi connectivity index (χ3v) is 8.48. The van der Waals surface area contributed by atoms with Gasteiger partial charge < -0.3 is 15.9 Å². The summed E-state index contributed by atoms with van der Waals surface area (Å²) >= 11 is 0. The van der Waals surface area contributed by atoms with Crippen molar-refractivity contribution in [1.29, 1.82) is 0 Å². The molecule has 4 N–H and O–H groups in total. The topological polar surface area (TPSA) is 101 Å². The van der Waals surface area contributed by atoms with Crippen LogP contribution in [0.4, 0.5) is 0 Å². The fraction of sp³-hybridized carbons (Fsp3) is 0.846. The fourth-order valence-corrected chi connectivity index (χ4v) is 5.41. The molecule has 0 aromatic heterocycles. The van der Waals surface area contributed by atoms with E-state index in [-0.39, 0.29) is 12.0 Å². The maximum Gasteiger partial charge on any atom is 0.308 e. The van der Waals surface area contributed by atoms with Gasteiger partial charge in [0.15, 0.2) is 0 Å². The Morgan fingerprint density at radius 2 is 0.864 bits per heavy atom. The van der Waals surface area contributed by atoms with E-state index in [0.717, 1.165) is 44.9 Å². The van der Waals surface area contributed by atoms with Gasteiger partial charge in [0.1, 0.15) is 0 Å². The van der Waals surface area contributed by atoms with Gasteiger partial charge in [0.05, 0.1) is 5.92 Å². The van der Waals surface area contributed by atoms with Crippen LogP contribution in [0.15, 0.2) is 24.3 Å². The summed E-state index contributed by atoms with van der Waals surface area (Å²) in [5.74, 6) is -1.77. The zero-order valence-corrected chi connectivity index (χ0v) is 29.6. The van der Waals surface area contributed by atoms with Crippen LogP contribution >= 0.6 is 0 Å². The zero-order valence-electron chi connectivity index (χ0n) is 29.6. The predicted molar refractivity (Wildman–Crippen MR) is 191 cm³/mol. The van der Waals surface area contributed by atoms with Crippen molar-refractivity contribution in [3.63, 3.8) is 0 Å². The van der Waals surface area contributed by atoms with E-state index in [0.29, 0.717) is 6.42 Å². The Morgan fingerprint density at radius 3 is 1.20 bits per heavy atom. The highest BCUT2D eigenvalue weighted by Crippen LogP contribution is 2.17. The molecule has 0 aromatic rings. The lowest BCUT2D eigenvalue weighted by Gasteiger charge is -2.18. The minimum absolute atomic E-state index is 0.201. The summed E-state index contributed by atoms with van der Waals surface area (Å²) in [5, 5.41) is 17.7. The minimum Gasteiger partial charge on any atom is -0.481 e.